The van der Waals surface area contributed by atoms with Crippen LogP contribution < -0.4 is 10.2 Å². The number of anilines is 2. The van der Waals surface area contributed by atoms with E-state index in [2.05, 4.69) is 17.5 Å². The van der Waals surface area contributed by atoms with Crippen LogP contribution in [-0.2, 0) is 9.59 Å². The fraction of sp³-hybridized carbons (Fsp3) is 0.292. The monoisotopic (exact) mass is 386 g/mol. The topological polar surface area (TPSA) is 66.5 Å². The molecule has 0 aromatic heterocycles. The molecule has 0 spiro atoms. The summed E-state index contributed by atoms with van der Waals surface area (Å²) in [7, 11) is 0. The highest BCUT2D eigenvalue weighted by molar-refractivity contribution is 6.23. The Morgan fingerprint density at radius 2 is 1.62 bits per heavy atom. The van der Waals surface area contributed by atoms with Crippen molar-refractivity contribution < 1.29 is 14.4 Å². The van der Waals surface area contributed by atoms with Gasteiger partial charge in [-0.2, -0.15) is 0 Å². The Hall–Kier alpha value is -3.21. The lowest BCUT2D eigenvalue weighted by molar-refractivity contribution is -0.123. The molecule has 0 radical (unpaired) electrons. The van der Waals surface area contributed by atoms with Crippen LogP contribution in [0.1, 0.15) is 27.9 Å². The maximum absolute atomic E-state index is 13.0. The second-order valence-electron chi connectivity index (χ2n) is 8.32. The smallest absolute Gasteiger partial charge is 0.255 e. The molecule has 3 amide bonds. The summed E-state index contributed by atoms with van der Waals surface area (Å²) in [6, 6.07) is 12.5. The molecule has 29 heavy (non-hydrogen) atoms. The summed E-state index contributed by atoms with van der Waals surface area (Å²) < 4.78 is 0. The van der Waals surface area contributed by atoms with Gasteiger partial charge in [0, 0.05) is 11.3 Å². The average molecular weight is 386 g/mol. The van der Waals surface area contributed by atoms with Crippen LogP contribution in [0.5, 0.6) is 0 Å². The third-order valence-corrected chi connectivity index (χ3v) is 6.60. The molecule has 5 rings (SSSR count). The number of rotatable bonds is 3. The van der Waals surface area contributed by atoms with E-state index in [0.29, 0.717) is 16.9 Å². The number of carbonyl (C=O) groups excluding carboxylic acids is 3. The van der Waals surface area contributed by atoms with Crippen LogP contribution in [0.2, 0.25) is 0 Å². The number of carbonyl (C=O) groups is 3. The standard InChI is InChI=1S/C24H22N2O3/c1-13-6-9-18(10-14(13)2)25-22(27)17-4-3-5-19(12-17)26-23(28)20-15-7-8-16(11-15)21(20)24(26)29/h3-10,12,15-16,20-21H,11H2,1-2H3,(H,25,27)/t15-,16-,20-,21-/m0/s1. The number of hydrogen-bond donors (Lipinski definition) is 1. The van der Waals surface area contributed by atoms with Gasteiger partial charge in [-0.1, -0.05) is 24.3 Å². The maximum atomic E-state index is 13.0. The normalized spacial score (nSPS) is 26.9. The quantitative estimate of drug-likeness (QED) is 0.643. The van der Waals surface area contributed by atoms with Gasteiger partial charge >= 0.3 is 0 Å². The number of nitrogens with zero attached hydrogens (tertiary/aromatic N) is 1. The molecule has 5 nitrogen and oxygen atoms in total. The van der Waals surface area contributed by atoms with Crippen molar-refractivity contribution in [1.82, 2.24) is 0 Å². The lowest BCUT2D eigenvalue weighted by Crippen LogP contribution is -2.33. The highest BCUT2D eigenvalue weighted by Crippen LogP contribution is 2.53. The third kappa shape index (κ3) is 2.72. The summed E-state index contributed by atoms with van der Waals surface area (Å²) >= 11 is 0. The minimum atomic E-state index is -0.267. The predicted molar refractivity (Wildman–Crippen MR) is 111 cm³/mol. The Labute approximate surface area is 169 Å². The number of aryl methyl sites for hydroxylation is 2. The van der Waals surface area contributed by atoms with Gasteiger partial charge in [-0.3, -0.25) is 14.4 Å². The van der Waals surface area contributed by atoms with Crippen molar-refractivity contribution >= 4 is 29.1 Å². The van der Waals surface area contributed by atoms with Crippen molar-refractivity contribution in [2.24, 2.45) is 23.7 Å². The second kappa shape index (κ2) is 6.41. The molecule has 1 heterocycles. The molecule has 146 valence electrons. The molecule has 1 N–H and O–H groups in total. The Morgan fingerprint density at radius 3 is 2.28 bits per heavy atom. The second-order valence-corrected chi connectivity index (χ2v) is 8.32. The van der Waals surface area contributed by atoms with Gasteiger partial charge in [0.1, 0.15) is 0 Å². The first-order chi connectivity index (χ1) is 13.9. The number of nitrogens with one attached hydrogen (secondary N) is 1. The Morgan fingerprint density at radius 1 is 0.931 bits per heavy atom. The summed E-state index contributed by atoms with van der Waals surface area (Å²) in [5.41, 5.74) is 3.86. The lowest BCUT2D eigenvalue weighted by Gasteiger charge is -2.18. The maximum Gasteiger partial charge on any atom is 0.255 e. The predicted octanol–water partition coefficient (Wildman–Crippen LogP) is 3.87. The first-order valence-electron chi connectivity index (χ1n) is 9.99. The molecule has 1 saturated heterocycles. The molecule has 2 aromatic rings. The largest absolute Gasteiger partial charge is 0.322 e. The van der Waals surface area contributed by atoms with Gasteiger partial charge in [0.25, 0.3) is 5.91 Å². The number of allylic oxidation sites excluding steroid dienone is 2. The van der Waals surface area contributed by atoms with Crippen LogP contribution >= 0.6 is 0 Å². The van der Waals surface area contributed by atoms with Crippen LogP contribution in [0.15, 0.2) is 54.6 Å². The van der Waals surface area contributed by atoms with E-state index in [-0.39, 0.29) is 41.4 Å². The summed E-state index contributed by atoms with van der Waals surface area (Å²) in [4.78, 5) is 40.0. The molecule has 4 atom stereocenters. The highest BCUT2D eigenvalue weighted by atomic mass is 16.2. The number of hydrogen-bond acceptors (Lipinski definition) is 3. The van der Waals surface area contributed by atoms with Gasteiger partial charge < -0.3 is 5.32 Å². The molecule has 2 fully saturated rings. The van der Waals surface area contributed by atoms with Gasteiger partial charge in [0.15, 0.2) is 0 Å². The van der Waals surface area contributed by atoms with E-state index in [0.717, 1.165) is 17.5 Å². The zero-order chi connectivity index (χ0) is 20.3. The van der Waals surface area contributed by atoms with E-state index in [4.69, 9.17) is 0 Å². The van der Waals surface area contributed by atoms with Gasteiger partial charge in [0.05, 0.1) is 17.5 Å². The molecule has 2 aliphatic carbocycles. The Bertz CT molecular complexity index is 1060. The molecule has 5 heteroatoms. The van der Waals surface area contributed by atoms with Gasteiger partial charge in [-0.25, -0.2) is 4.90 Å². The zero-order valence-corrected chi connectivity index (χ0v) is 16.4. The van der Waals surface area contributed by atoms with Crippen molar-refractivity contribution in [3.63, 3.8) is 0 Å². The van der Waals surface area contributed by atoms with E-state index >= 15 is 0 Å². The van der Waals surface area contributed by atoms with Crippen molar-refractivity contribution in [3.8, 4) is 0 Å². The molecule has 0 unspecified atom stereocenters. The van der Waals surface area contributed by atoms with Crippen LogP contribution in [0, 0.1) is 37.5 Å². The average Bonchev–Trinajstić information content (AvgIpc) is 3.38. The number of fused-ring (bicyclic) bond motifs is 5. The molecule has 1 aliphatic heterocycles. The summed E-state index contributed by atoms with van der Waals surface area (Å²) in [6.45, 7) is 4.01. The Kier molecular flexibility index (Phi) is 3.95. The Balaban J connectivity index is 1.40. The van der Waals surface area contributed by atoms with Crippen molar-refractivity contribution in [2.45, 2.75) is 20.3 Å². The van der Waals surface area contributed by atoms with Crippen LogP contribution in [-0.4, -0.2) is 17.7 Å². The van der Waals surface area contributed by atoms with E-state index in [1.807, 2.05) is 32.0 Å². The van der Waals surface area contributed by atoms with E-state index < -0.39 is 0 Å². The summed E-state index contributed by atoms with van der Waals surface area (Å²) in [5.74, 6) is -0.690. The fourth-order valence-corrected chi connectivity index (χ4v) is 4.97. The van der Waals surface area contributed by atoms with Crippen molar-refractivity contribution in [2.75, 3.05) is 10.2 Å². The van der Waals surface area contributed by atoms with Crippen molar-refractivity contribution in [1.29, 1.82) is 0 Å². The van der Waals surface area contributed by atoms with Gasteiger partial charge in [0.2, 0.25) is 11.8 Å². The SMILES string of the molecule is Cc1ccc(NC(=O)c2cccc(N3C(=O)[C@@H]4[C@@H](C3=O)[C@H]3C=C[C@H]4C3)c2)cc1C. The molecule has 3 aliphatic rings. The summed E-state index contributed by atoms with van der Waals surface area (Å²) in [5, 5.41) is 2.89. The number of imide groups is 1. The van der Waals surface area contributed by atoms with E-state index in [1.165, 1.54) is 4.90 Å². The number of amides is 3. The van der Waals surface area contributed by atoms with E-state index in [1.54, 1.807) is 24.3 Å². The molecule has 2 bridgehead atoms. The first-order valence-corrected chi connectivity index (χ1v) is 9.99. The lowest BCUT2D eigenvalue weighted by atomic mass is 9.85. The van der Waals surface area contributed by atoms with E-state index in [9.17, 15) is 14.4 Å². The van der Waals surface area contributed by atoms with Gasteiger partial charge in [-0.15, -0.1) is 0 Å². The van der Waals surface area contributed by atoms with Gasteiger partial charge in [-0.05, 0) is 73.6 Å². The summed E-state index contributed by atoms with van der Waals surface area (Å²) in [6.07, 6.45) is 5.06. The van der Waals surface area contributed by atoms with Crippen LogP contribution in [0.4, 0.5) is 11.4 Å². The zero-order valence-electron chi connectivity index (χ0n) is 16.4. The highest BCUT2D eigenvalue weighted by Gasteiger charge is 2.59. The number of benzene rings is 2. The van der Waals surface area contributed by atoms with Crippen LogP contribution in [0.25, 0.3) is 0 Å². The first kappa shape index (κ1) is 17.9. The molecular formula is C24H22N2O3. The fourth-order valence-electron chi connectivity index (χ4n) is 4.97. The van der Waals surface area contributed by atoms with Crippen LogP contribution in [0.3, 0.4) is 0 Å². The third-order valence-electron chi connectivity index (χ3n) is 6.60. The van der Waals surface area contributed by atoms with Crippen molar-refractivity contribution in [3.05, 3.63) is 71.3 Å². The molecule has 2 aromatic carbocycles. The minimum Gasteiger partial charge on any atom is -0.322 e. The molecule has 1 saturated carbocycles. The molecular weight excluding hydrogens is 364 g/mol. The minimum absolute atomic E-state index is 0.136.